The normalized spacial score (nSPS) is 11.1. The zero-order valence-electron chi connectivity index (χ0n) is 15.9. The summed E-state index contributed by atoms with van der Waals surface area (Å²) in [5, 5.41) is 5.01. The van der Waals surface area contributed by atoms with Crippen LogP contribution in [-0.4, -0.2) is 21.8 Å². The fourth-order valence-corrected chi connectivity index (χ4v) is 2.66. The van der Waals surface area contributed by atoms with Gasteiger partial charge in [-0.25, -0.2) is 14.4 Å². The zero-order valence-corrected chi connectivity index (χ0v) is 15.9. The van der Waals surface area contributed by atoms with Gasteiger partial charge in [-0.15, -0.1) is 0 Å². The Hall–Kier alpha value is -3.82. The quantitative estimate of drug-likeness (QED) is 0.584. The molecule has 0 bridgehead atoms. The van der Waals surface area contributed by atoms with E-state index in [9.17, 15) is 27.2 Å². The summed E-state index contributed by atoms with van der Waals surface area (Å²) in [6, 6.07) is 11.4. The summed E-state index contributed by atoms with van der Waals surface area (Å²) in [7, 11) is 0. The van der Waals surface area contributed by atoms with E-state index < -0.39 is 29.4 Å². The predicted molar refractivity (Wildman–Crippen MR) is 102 cm³/mol. The third-order valence-electron chi connectivity index (χ3n) is 4.18. The molecular formula is C21H16F4N4O2. The van der Waals surface area contributed by atoms with Crippen LogP contribution in [0.4, 0.5) is 17.6 Å². The maximum absolute atomic E-state index is 13.2. The number of carbonyl (C=O) groups excluding carboxylic acids is 2. The molecule has 0 saturated carbocycles. The van der Waals surface area contributed by atoms with Crippen molar-refractivity contribution in [2.24, 2.45) is 0 Å². The van der Waals surface area contributed by atoms with Crippen LogP contribution in [0.1, 0.15) is 37.7 Å². The molecule has 3 aromatic rings. The smallest absolute Gasteiger partial charge is 0.347 e. The van der Waals surface area contributed by atoms with E-state index in [4.69, 9.17) is 0 Å². The monoisotopic (exact) mass is 432 g/mol. The molecule has 31 heavy (non-hydrogen) atoms. The minimum Gasteiger partial charge on any atom is -0.347 e. The summed E-state index contributed by atoms with van der Waals surface area (Å²) >= 11 is 0. The molecule has 0 saturated heterocycles. The van der Waals surface area contributed by atoms with Gasteiger partial charge >= 0.3 is 6.18 Å². The third-order valence-corrected chi connectivity index (χ3v) is 4.18. The summed E-state index contributed by atoms with van der Waals surface area (Å²) in [6.07, 6.45) is -3.46. The van der Waals surface area contributed by atoms with Crippen LogP contribution in [0.5, 0.6) is 0 Å². The summed E-state index contributed by atoms with van der Waals surface area (Å²) in [5.74, 6) is -1.72. The van der Waals surface area contributed by atoms with Gasteiger partial charge in [0.25, 0.3) is 11.8 Å². The Morgan fingerprint density at radius 1 is 0.806 bits per heavy atom. The van der Waals surface area contributed by atoms with Gasteiger partial charge < -0.3 is 10.6 Å². The Morgan fingerprint density at radius 2 is 1.35 bits per heavy atom. The van der Waals surface area contributed by atoms with Crippen molar-refractivity contribution in [1.82, 2.24) is 20.6 Å². The standard InChI is InChI=1S/C21H16F4N4O2/c22-16-6-2-4-14(8-16)11-27-20(31)18-9-17(28-12-29-18)19(30)26-10-13-3-1-5-15(7-13)21(23,24)25/h1-9,12H,10-11H2,(H,26,30)(H,27,31). The van der Waals surface area contributed by atoms with Crippen molar-refractivity contribution in [3.8, 4) is 0 Å². The molecule has 0 fully saturated rings. The molecule has 0 aliphatic carbocycles. The molecule has 0 aliphatic heterocycles. The zero-order chi connectivity index (χ0) is 22.4. The van der Waals surface area contributed by atoms with Crippen LogP contribution < -0.4 is 10.6 Å². The summed E-state index contributed by atoms with van der Waals surface area (Å²) in [6.45, 7) is -0.106. The molecule has 2 amide bonds. The minimum absolute atomic E-state index is 0.0532. The number of carbonyl (C=O) groups is 2. The van der Waals surface area contributed by atoms with Crippen LogP contribution in [0.25, 0.3) is 0 Å². The van der Waals surface area contributed by atoms with Gasteiger partial charge in [0.2, 0.25) is 0 Å². The number of hydrogen-bond acceptors (Lipinski definition) is 4. The fraction of sp³-hybridized carbons (Fsp3) is 0.143. The molecule has 160 valence electrons. The van der Waals surface area contributed by atoms with Crippen LogP contribution in [0, 0.1) is 5.82 Å². The lowest BCUT2D eigenvalue weighted by molar-refractivity contribution is -0.137. The average molecular weight is 432 g/mol. The number of nitrogens with one attached hydrogen (secondary N) is 2. The fourth-order valence-electron chi connectivity index (χ4n) is 2.66. The molecule has 1 aromatic heterocycles. The SMILES string of the molecule is O=C(NCc1cccc(F)c1)c1cc(C(=O)NCc2cccc(C(F)(F)F)c2)ncn1. The molecule has 0 atom stereocenters. The van der Waals surface area contributed by atoms with E-state index in [0.29, 0.717) is 5.56 Å². The van der Waals surface area contributed by atoms with Gasteiger partial charge in [0.05, 0.1) is 5.56 Å². The highest BCUT2D eigenvalue weighted by Crippen LogP contribution is 2.29. The lowest BCUT2D eigenvalue weighted by Crippen LogP contribution is -2.27. The molecule has 2 N–H and O–H groups in total. The first kappa shape index (κ1) is 21.9. The van der Waals surface area contributed by atoms with E-state index in [0.717, 1.165) is 24.5 Å². The predicted octanol–water partition coefficient (Wildman–Crippen LogP) is 3.49. The Kier molecular flexibility index (Phi) is 6.58. The molecule has 6 nitrogen and oxygen atoms in total. The molecule has 0 unspecified atom stereocenters. The molecule has 0 radical (unpaired) electrons. The first-order valence-electron chi connectivity index (χ1n) is 9.01. The minimum atomic E-state index is -4.49. The number of aromatic nitrogens is 2. The largest absolute Gasteiger partial charge is 0.416 e. The Balaban J connectivity index is 1.61. The Morgan fingerprint density at radius 3 is 1.90 bits per heavy atom. The summed E-state index contributed by atoms with van der Waals surface area (Å²) in [5.41, 5.74) is -0.237. The van der Waals surface area contributed by atoms with Gasteiger partial charge in [-0.05, 0) is 35.4 Å². The van der Waals surface area contributed by atoms with Gasteiger partial charge in [-0.2, -0.15) is 13.2 Å². The molecule has 3 rings (SSSR count). The molecular weight excluding hydrogens is 416 g/mol. The summed E-state index contributed by atoms with van der Waals surface area (Å²) < 4.78 is 51.5. The lowest BCUT2D eigenvalue weighted by atomic mass is 10.1. The molecule has 0 spiro atoms. The molecule has 10 heteroatoms. The van der Waals surface area contributed by atoms with Gasteiger partial charge in [0.1, 0.15) is 23.5 Å². The van der Waals surface area contributed by atoms with Gasteiger partial charge in [0, 0.05) is 19.2 Å². The second kappa shape index (κ2) is 9.33. The van der Waals surface area contributed by atoms with Crippen LogP contribution >= 0.6 is 0 Å². The average Bonchev–Trinajstić information content (AvgIpc) is 2.75. The third kappa shape index (κ3) is 6.08. The van der Waals surface area contributed by atoms with E-state index in [1.165, 1.54) is 30.3 Å². The number of alkyl halides is 3. The Bertz CT molecular complexity index is 1100. The molecule has 1 heterocycles. The second-order valence-electron chi connectivity index (χ2n) is 6.48. The van der Waals surface area contributed by atoms with Crippen LogP contribution in [0.3, 0.4) is 0 Å². The second-order valence-corrected chi connectivity index (χ2v) is 6.48. The van der Waals surface area contributed by atoms with Crippen molar-refractivity contribution in [3.05, 3.63) is 94.8 Å². The number of amides is 2. The molecule has 2 aromatic carbocycles. The number of rotatable bonds is 6. The highest BCUT2D eigenvalue weighted by atomic mass is 19.4. The maximum Gasteiger partial charge on any atom is 0.416 e. The highest BCUT2D eigenvalue weighted by molar-refractivity contribution is 5.97. The van der Waals surface area contributed by atoms with Crippen LogP contribution in [0.2, 0.25) is 0 Å². The highest BCUT2D eigenvalue weighted by Gasteiger charge is 2.30. The van der Waals surface area contributed by atoms with Crippen LogP contribution in [-0.2, 0) is 19.3 Å². The number of benzene rings is 2. The van der Waals surface area contributed by atoms with E-state index in [1.54, 1.807) is 6.07 Å². The van der Waals surface area contributed by atoms with E-state index in [2.05, 4.69) is 20.6 Å². The van der Waals surface area contributed by atoms with Crippen LogP contribution in [0.15, 0.2) is 60.9 Å². The van der Waals surface area contributed by atoms with Crippen molar-refractivity contribution in [2.45, 2.75) is 19.3 Å². The van der Waals surface area contributed by atoms with Crippen molar-refractivity contribution >= 4 is 11.8 Å². The van der Waals surface area contributed by atoms with Gasteiger partial charge in [-0.3, -0.25) is 9.59 Å². The number of nitrogens with zero attached hydrogens (tertiary/aromatic N) is 2. The van der Waals surface area contributed by atoms with E-state index in [1.807, 2.05) is 0 Å². The maximum atomic E-state index is 13.2. The number of halogens is 4. The van der Waals surface area contributed by atoms with Crippen molar-refractivity contribution < 1.29 is 27.2 Å². The number of hydrogen-bond donors (Lipinski definition) is 2. The van der Waals surface area contributed by atoms with Crippen molar-refractivity contribution in [3.63, 3.8) is 0 Å². The van der Waals surface area contributed by atoms with E-state index >= 15 is 0 Å². The lowest BCUT2D eigenvalue weighted by Gasteiger charge is -2.10. The summed E-state index contributed by atoms with van der Waals surface area (Å²) in [4.78, 5) is 32.1. The molecule has 0 aliphatic rings. The van der Waals surface area contributed by atoms with Crippen molar-refractivity contribution in [2.75, 3.05) is 0 Å². The Labute approximate surface area is 174 Å². The van der Waals surface area contributed by atoms with Gasteiger partial charge in [-0.1, -0.05) is 24.3 Å². The first-order valence-corrected chi connectivity index (χ1v) is 9.01. The van der Waals surface area contributed by atoms with E-state index in [-0.39, 0.29) is 30.0 Å². The first-order chi connectivity index (χ1) is 14.7. The topological polar surface area (TPSA) is 84.0 Å². The van der Waals surface area contributed by atoms with Gasteiger partial charge in [0.15, 0.2) is 0 Å². The van der Waals surface area contributed by atoms with Crippen molar-refractivity contribution in [1.29, 1.82) is 0 Å².